The first kappa shape index (κ1) is 19.4. The number of hydrogen-bond acceptors (Lipinski definition) is 3. The number of piperidine rings is 1. The zero-order valence-corrected chi connectivity index (χ0v) is 15.5. The Morgan fingerprint density at radius 1 is 1.36 bits per heavy atom. The van der Waals surface area contributed by atoms with Gasteiger partial charge in [-0.15, -0.1) is 0 Å². The molecule has 25 heavy (non-hydrogen) atoms. The summed E-state index contributed by atoms with van der Waals surface area (Å²) in [6, 6.07) is 7.93. The molecule has 1 aliphatic heterocycles. The molecular formula is C20H31N3O2. The van der Waals surface area contributed by atoms with Gasteiger partial charge < -0.3 is 11.1 Å². The van der Waals surface area contributed by atoms with E-state index in [1.807, 2.05) is 31.2 Å². The number of carbonyl (C=O) groups is 2. The molecule has 0 aliphatic carbocycles. The van der Waals surface area contributed by atoms with Crippen molar-refractivity contribution in [1.82, 2.24) is 4.90 Å². The molecule has 1 aliphatic rings. The lowest BCUT2D eigenvalue weighted by molar-refractivity contribution is -0.123. The van der Waals surface area contributed by atoms with Crippen LogP contribution in [0.1, 0.15) is 51.5 Å². The predicted octanol–water partition coefficient (Wildman–Crippen LogP) is 3.15. The van der Waals surface area contributed by atoms with Crippen LogP contribution in [0.15, 0.2) is 24.3 Å². The Labute approximate surface area is 151 Å². The molecule has 1 fully saturated rings. The van der Waals surface area contributed by atoms with Crippen LogP contribution >= 0.6 is 0 Å². The molecule has 5 heteroatoms. The van der Waals surface area contributed by atoms with Crippen molar-refractivity contribution in [1.29, 1.82) is 0 Å². The summed E-state index contributed by atoms with van der Waals surface area (Å²) in [4.78, 5) is 26.1. The van der Waals surface area contributed by atoms with Crippen LogP contribution < -0.4 is 11.1 Å². The maximum Gasteiger partial charge on any atom is 0.227 e. The number of rotatable bonds is 8. The van der Waals surface area contributed by atoms with Crippen molar-refractivity contribution in [3.05, 3.63) is 29.8 Å². The summed E-state index contributed by atoms with van der Waals surface area (Å²) in [5.41, 5.74) is 7.43. The molecule has 1 aromatic rings. The second kappa shape index (κ2) is 9.56. The summed E-state index contributed by atoms with van der Waals surface area (Å²) in [6.07, 6.45) is 4.94. The average molecular weight is 345 g/mol. The van der Waals surface area contributed by atoms with Crippen molar-refractivity contribution in [2.75, 3.05) is 18.4 Å². The van der Waals surface area contributed by atoms with Gasteiger partial charge in [0.2, 0.25) is 11.8 Å². The number of nitrogens with one attached hydrogen (secondary N) is 1. The molecule has 2 atom stereocenters. The van der Waals surface area contributed by atoms with Crippen molar-refractivity contribution in [3.8, 4) is 0 Å². The van der Waals surface area contributed by atoms with Gasteiger partial charge in [0.25, 0.3) is 0 Å². The Morgan fingerprint density at radius 2 is 2.12 bits per heavy atom. The highest BCUT2D eigenvalue weighted by atomic mass is 16.2. The molecule has 2 rings (SSSR count). The van der Waals surface area contributed by atoms with Gasteiger partial charge in [-0.3, -0.25) is 14.5 Å². The third-order valence-corrected chi connectivity index (χ3v) is 5.02. The Balaban J connectivity index is 2.00. The van der Waals surface area contributed by atoms with Crippen LogP contribution in [0.3, 0.4) is 0 Å². The van der Waals surface area contributed by atoms with Crippen LogP contribution in [0.5, 0.6) is 0 Å². The van der Waals surface area contributed by atoms with E-state index in [2.05, 4.69) is 17.1 Å². The van der Waals surface area contributed by atoms with Gasteiger partial charge in [-0.05, 0) is 37.4 Å². The molecule has 0 aromatic heterocycles. The number of primary amides is 1. The lowest BCUT2D eigenvalue weighted by atomic mass is 9.97. The van der Waals surface area contributed by atoms with Gasteiger partial charge in [0.15, 0.2) is 0 Å². The van der Waals surface area contributed by atoms with E-state index in [-0.39, 0.29) is 23.7 Å². The van der Waals surface area contributed by atoms with Gasteiger partial charge in [0, 0.05) is 24.7 Å². The summed E-state index contributed by atoms with van der Waals surface area (Å²) in [5.74, 6) is -0.183. The molecule has 1 saturated heterocycles. The standard InChI is InChI=1S/C20H31N3O2/c1-3-4-8-15(2)20(25)22-18-11-6-5-9-16(18)13-23-12-7-10-17(14-23)19(21)24/h5-6,9,11,15,17H,3-4,7-8,10,12-14H2,1-2H3,(H2,21,24)(H,22,25)/t15-,17+/m0/s1. The van der Waals surface area contributed by atoms with Crippen LogP contribution in [-0.2, 0) is 16.1 Å². The van der Waals surface area contributed by atoms with Gasteiger partial charge in [-0.25, -0.2) is 0 Å². The van der Waals surface area contributed by atoms with E-state index in [0.717, 1.165) is 56.4 Å². The summed E-state index contributed by atoms with van der Waals surface area (Å²) < 4.78 is 0. The average Bonchev–Trinajstić information content (AvgIpc) is 2.61. The van der Waals surface area contributed by atoms with Gasteiger partial charge in [0.05, 0.1) is 5.92 Å². The number of hydrogen-bond donors (Lipinski definition) is 2. The zero-order chi connectivity index (χ0) is 18.2. The predicted molar refractivity (Wildman–Crippen MR) is 101 cm³/mol. The van der Waals surface area contributed by atoms with Crippen LogP contribution in [0.25, 0.3) is 0 Å². The number of nitrogens with two attached hydrogens (primary N) is 1. The highest BCUT2D eigenvalue weighted by molar-refractivity contribution is 5.93. The van der Waals surface area contributed by atoms with Gasteiger partial charge in [0.1, 0.15) is 0 Å². The SMILES string of the molecule is CCCC[C@H](C)C(=O)Nc1ccccc1CN1CCC[C@@H](C(N)=O)C1. The second-order valence-electron chi connectivity index (χ2n) is 7.17. The monoisotopic (exact) mass is 345 g/mol. The molecule has 0 bridgehead atoms. The zero-order valence-electron chi connectivity index (χ0n) is 15.5. The number of likely N-dealkylation sites (tertiary alicyclic amines) is 1. The van der Waals surface area contributed by atoms with Crippen LogP contribution in [0, 0.1) is 11.8 Å². The number of nitrogens with zero attached hydrogens (tertiary/aromatic N) is 1. The minimum absolute atomic E-state index is 0.0160. The van der Waals surface area contributed by atoms with Crippen molar-refractivity contribution in [3.63, 3.8) is 0 Å². The van der Waals surface area contributed by atoms with E-state index >= 15 is 0 Å². The number of amides is 2. The molecule has 5 nitrogen and oxygen atoms in total. The molecule has 0 radical (unpaired) electrons. The fourth-order valence-electron chi connectivity index (χ4n) is 3.35. The first-order valence-corrected chi connectivity index (χ1v) is 9.41. The topological polar surface area (TPSA) is 75.4 Å². The second-order valence-corrected chi connectivity index (χ2v) is 7.17. The minimum atomic E-state index is -0.212. The van der Waals surface area contributed by atoms with Gasteiger partial charge >= 0.3 is 0 Å². The number of anilines is 1. The largest absolute Gasteiger partial charge is 0.369 e. The lowest BCUT2D eigenvalue weighted by Gasteiger charge is -2.31. The van der Waals surface area contributed by atoms with Gasteiger partial charge in [-0.2, -0.15) is 0 Å². The molecule has 3 N–H and O–H groups in total. The Hall–Kier alpha value is -1.88. The van der Waals surface area contributed by atoms with Gasteiger partial charge in [-0.1, -0.05) is 44.9 Å². The summed E-state index contributed by atoms with van der Waals surface area (Å²) >= 11 is 0. The Kier molecular flexibility index (Phi) is 7.44. The first-order valence-electron chi connectivity index (χ1n) is 9.41. The van der Waals surface area contributed by atoms with Crippen molar-refractivity contribution in [2.45, 2.75) is 52.5 Å². The maximum atomic E-state index is 12.4. The van der Waals surface area contributed by atoms with Crippen LogP contribution in [-0.4, -0.2) is 29.8 Å². The van der Waals surface area contributed by atoms with E-state index in [9.17, 15) is 9.59 Å². The lowest BCUT2D eigenvalue weighted by Crippen LogP contribution is -2.40. The quantitative estimate of drug-likeness (QED) is 0.760. The van der Waals surface area contributed by atoms with E-state index in [0.29, 0.717) is 6.54 Å². The molecule has 2 amide bonds. The first-order chi connectivity index (χ1) is 12.0. The normalized spacial score (nSPS) is 19.4. The third kappa shape index (κ3) is 5.85. The maximum absolute atomic E-state index is 12.4. The molecule has 0 unspecified atom stereocenters. The van der Waals surface area contributed by atoms with Crippen LogP contribution in [0.4, 0.5) is 5.69 Å². The van der Waals surface area contributed by atoms with Crippen molar-refractivity contribution < 1.29 is 9.59 Å². The molecule has 0 saturated carbocycles. The van der Waals surface area contributed by atoms with Crippen molar-refractivity contribution >= 4 is 17.5 Å². The van der Waals surface area contributed by atoms with E-state index in [1.165, 1.54) is 0 Å². The number of benzene rings is 1. The smallest absolute Gasteiger partial charge is 0.227 e. The molecule has 1 aromatic carbocycles. The summed E-state index contributed by atoms with van der Waals surface area (Å²) in [7, 11) is 0. The fraction of sp³-hybridized carbons (Fsp3) is 0.600. The number of carbonyl (C=O) groups excluding carboxylic acids is 2. The highest BCUT2D eigenvalue weighted by Gasteiger charge is 2.24. The van der Waals surface area contributed by atoms with E-state index in [4.69, 9.17) is 5.73 Å². The van der Waals surface area contributed by atoms with Crippen LogP contribution in [0.2, 0.25) is 0 Å². The molecule has 138 valence electrons. The molecule has 1 heterocycles. The number of unbranched alkanes of at least 4 members (excludes halogenated alkanes) is 1. The van der Waals surface area contributed by atoms with E-state index < -0.39 is 0 Å². The van der Waals surface area contributed by atoms with E-state index in [1.54, 1.807) is 0 Å². The molecular weight excluding hydrogens is 314 g/mol. The minimum Gasteiger partial charge on any atom is -0.369 e. The Morgan fingerprint density at radius 3 is 2.84 bits per heavy atom. The highest BCUT2D eigenvalue weighted by Crippen LogP contribution is 2.23. The van der Waals surface area contributed by atoms with Crippen molar-refractivity contribution in [2.24, 2.45) is 17.6 Å². The Bertz CT molecular complexity index is 588. The number of para-hydroxylation sites is 1. The summed E-state index contributed by atoms with van der Waals surface area (Å²) in [6.45, 7) is 6.50. The summed E-state index contributed by atoms with van der Waals surface area (Å²) in [5, 5.41) is 3.09. The third-order valence-electron chi connectivity index (χ3n) is 5.02. The molecule has 0 spiro atoms. The fourth-order valence-corrected chi connectivity index (χ4v) is 3.35.